The maximum Gasteiger partial charge on any atom is 0.244 e. The second kappa shape index (κ2) is 10.3. The molecule has 2 N–H and O–H groups in total. The van der Waals surface area contributed by atoms with Crippen molar-refractivity contribution >= 4 is 17.9 Å². The fourth-order valence-corrected chi connectivity index (χ4v) is 3.17. The molecule has 0 fully saturated rings. The minimum absolute atomic E-state index is 0.165. The first-order valence-electron chi connectivity index (χ1n) is 10.0. The quantitative estimate of drug-likeness (QED) is 0.434. The van der Waals surface area contributed by atoms with Gasteiger partial charge in [0.2, 0.25) is 11.8 Å². The lowest BCUT2D eigenvalue weighted by atomic mass is 10.1. The Morgan fingerprint density at radius 1 is 1.00 bits per heavy atom. The van der Waals surface area contributed by atoms with Gasteiger partial charge in [0.15, 0.2) is 0 Å². The normalized spacial score (nSPS) is 10.9. The summed E-state index contributed by atoms with van der Waals surface area (Å²) in [7, 11) is 0. The van der Waals surface area contributed by atoms with Gasteiger partial charge in [-0.3, -0.25) is 9.59 Å². The predicted molar refractivity (Wildman–Crippen MR) is 118 cm³/mol. The number of nitrogens with one attached hydrogen (secondary N) is 2. The van der Waals surface area contributed by atoms with Crippen LogP contribution in [0.5, 0.6) is 0 Å². The number of para-hydroxylation sites is 1. The van der Waals surface area contributed by atoms with E-state index in [1.165, 1.54) is 18.2 Å². The van der Waals surface area contributed by atoms with E-state index in [-0.39, 0.29) is 24.1 Å². The molecule has 0 aliphatic rings. The molecule has 0 spiro atoms. The summed E-state index contributed by atoms with van der Waals surface area (Å²) in [5, 5.41) is 10.0. The lowest BCUT2D eigenvalue weighted by Crippen LogP contribution is -2.34. The molecular weight excluding hydrogens is 395 g/mol. The molecule has 0 atom stereocenters. The number of hydrogen-bond donors (Lipinski definition) is 2. The Labute approximate surface area is 180 Å². The van der Waals surface area contributed by atoms with Crippen LogP contribution >= 0.6 is 0 Å². The lowest BCUT2D eigenvalue weighted by molar-refractivity contribution is -0.121. The molecule has 0 unspecified atom stereocenters. The summed E-state index contributed by atoms with van der Waals surface area (Å²) >= 11 is 0. The average molecular weight is 420 g/mol. The maximum absolute atomic E-state index is 12.9. The number of benzene rings is 2. The van der Waals surface area contributed by atoms with Gasteiger partial charge in [-0.15, -0.1) is 0 Å². The van der Waals surface area contributed by atoms with E-state index in [2.05, 4.69) is 15.7 Å². The summed E-state index contributed by atoms with van der Waals surface area (Å²) in [6.07, 6.45) is 3.38. The number of halogens is 1. The molecule has 3 aromatic rings. The first-order valence-corrected chi connectivity index (χ1v) is 10.0. The third kappa shape index (κ3) is 6.12. The summed E-state index contributed by atoms with van der Waals surface area (Å²) in [6, 6.07) is 15.6. The van der Waals surface area contributed by atoms with Gasteiger partial charge in [0.1, 0.15) is 5.82 Å². The van der Waals surface area contributed by atoms with Gasteiger partial charge in [-0.1, -0.05) is 30.3 Å². The molecule has 0 radical (unpaired) electrons. The third-order valence-corrected chi connectivity index (χ3v) is 4.77. The zero-order valence-electron chi connectivity index (χ0n) is 17.6. The highest BCUT2D eigenvalue weighted by Gasteiger charge is 2.10. The Morgan fingerprint density at radius 3 is 2.39 bits per heavy atom. The Balaban J connectivity index is 1.46. The predicted octanol–water partition coefficient (Wildman–Crippen LogP) is 3.12. The van der Waals surface area contributed by atoms with Crippen molar-refractivity contribution in [2.45, 2.75) is 20.3 Å². The highest BCUT2D eigenvalue weighted by molar-refractivity contribution is 5.92. The lowest BCUT2D eigenvalue weighted by Gasteiger charge is -2.06. The maximum atomic E-state index is 12.9. The van der Waals surface area contributed by atoms with Gasteiger partial charge in [-0.25, -0.2) is 9.07 Å². The van der Waals surface area contributed by atoms with Crippen molar-refractivity contribution in [3.63, 3.8) is 0 Å². The second-order valence-corrected chi connectivity index (χ2v) is 7.11. The van der Waals surface area contributed by atoms with Crippen LogP contribution in [0.4, 0.5) is 4.39 Å². The molecule has 31 heavy (non-hydrogen) atoms. The first kappa shape index (κ1) is 22.0. The van der Waals surface area contributed by atoms with Crippen LogP contribution in [0.25, 0.3) is 11.8 Å². The van der Waals surface area contributed by atoms with E-state index in [4.69, 9.17) is 0 Å². The Hall–Kier alpha value is -3.74. The fraction of sp³-hybridized carbons (Fsp3) is 0.208. The smallest absolute Gasteiger partial charge is 0.244 e. The van der Waals surface area contributed by atoms with Crippen molar-refractivity contribution in [3.05, 3.63) is 89.0 Å². The zero-order chi connectivity index (χ0) is 22.2. The molecule has 2 amide bonds. The number of carbonyl (C=O) groups is 2. The molecule has 3 rings (SSSR count). The van der Waals surface area contributed by atoms with Gasteiger partial charge < -0.3 is 10.6 Å². The van der Waals surface area contributed by atoms with Gasteiger partial charge in [0.25, 0.3) is 0 Å². The molecule has 1 aromatic heterocycles. The minimum atomic E-state index is -0.335. The van der Waals surface area contributed by atoms with Crippen LogP contribution in [0.15, 0.2) is 60.7 Å². The van der Waals surface area contributed by atoms with Crippen LogP contribution in [-0.4, -0.2) is 34.7 Å². The average Bonchev–Trinajstić information content (AvgIpc) is 3.05. The van der Waals surface area contributed by atoms with Gasteiger partial charge in [-0.2, -0.15) is 5.10 Å². The molecule has 0 aliphatic carbocycles. The SMILES string of the molecule is Cc1nn(-c2ccccc2)c(C)c1/C=C/C(=O)NCCNC(=O)Cc1ccc(F)cc1. The van der Waals surface area contributed by atoms with Crippen molar-refractivity contribution in [2.24, 2.45) is 0 Å². The number of carbonyl (C=O) groups excluding carboxylic acids is 2. The Morgan fingerprint density at radius 2 is 1.68 bits per heavy atom. The summed E-state index contributed by atoms with van der Waals surface area (Å²) in [5.74, 6) is -0.771. The van der Waals surface area contributed by atoms with E-state index in [9.17, 15) is 14.0 Å². The third-order valence-electron chi connectivity index (χ3n) is 4.77. The summed E-state index contributed by atoms with van der Waals surface area (Å²) in [5.41, 5.74) is 4.36. The molecular formula is C24H25FN4O2. The number of hydrogen-bond acceptors (Lipinski definition) is 3. The molecule has 0 saturated carbocycles. The Kier molecular flexibility index (Phi) is 7.32. The summed E-state index contributed by atoms with van der Waals surface area (Å²) < 4.78 is 14.7. The van der Waals surface area contributed by atoms with Crippen LogP contribution < -0.4 is 10.6 Å². The van der Waals surface area contributed by atoms with Gasteiger partial charge in [0.05, 0.1) is 17.8 Å². The molecule has 0 saturated heterocycles. The molecule has 2 aromatic carbocycles. The van der Waals surface area contributed by atoms with E-state index in [1.54, 1.807) is 18.2 Å². The van der Waals surface area contributed by atoms with Gasteiger partial charge in [-0.05, 0) is 49.8 Å². The van der Waals surface area contributed by atoms with Crippen LogP contribution in [0.1, 0.15) is 22.5 Å². The van der Waals surface area contributed by atoms with Crippen LogP contribution in [0.3, 0.4) is 0 Å². The number of rotatable bonds is 8. The monoisotopic (exact) mass is 420 g/mol. The number of aromatic nitrogens is 2. The molecule has 0 bridgehead atoms. The van der Waals surface area contributed by atoms with Crippen molar-refractivity contribution in [1.82, 2.24) is 20.4 Å². The van der Waals surface area contributed by atoms with Crippen molar-refractivity contribution in [3.8, 4) is 5.69 Å². The topological polar surface area (TPSA) is 76.0 Å². The zero-order valence-corrected chi connectivity index (χ0v) is 17.6. The number of nitrogens with zero attached hydrogens (tertiary/aromatic N) is 2. The fourth-order valence-electron chi connectivity index (χ4n) is 3.17. The second-order valence-electron chi connectivity index (χ2n) is 7.11. The largest absolute Gasteiger partial charge is 0.354 e. The highest BCUT2D eigenvalue weighted by atomic mass is 19.1. The van der Waals surface area contributed by atoms with Gasteiger partial charge >= 0.3 is 0 Å². The summed E-state index contributed by atoms with van der Waals surface area (Å²) in [4.78, 5) is 24.0. The van der Waals surface area contributed by atoms with E-state index >= 15 is 0 Å². The standard InChI is InChI=1S/C24H25FN4O2/c1-17-22(18(2)29(28-17)21-6-4-3-5-7-21)12-13-23(30)26-14-15-27-24(31)16-19-8-10-20(25)11-9-19/h3-13H,14-16H2,1-2H3,(H,26,30)(H,27,31)/b13-12+. The number of aryl methyl sites for hydroxylation is 1. The van der Waals surface area contributed by atoms with Crippen molar-refractivity contribution in [1.29, 1.82) is 0 Å². The number of amides is 2. The molecule has 1 heterocycles. The first-order chi connectivity index (χ1) is 14.9. The van der Waals surface area contributed by atoms with E-state index in [0.717, 1.165) is 28.2 Å². The van der Waals surface area contributed by atoms with Gasteiger partial charge in [0, 0.05) is 30.4 Å². The van der Waals surface area contributed by atoms with E-state index < -0.39 is 0 Å². The molecule has 6 nitrogen and oxygen atoms in total. The minimum Gasteiger partial charge on any atom is -0.354 e. The van der Waals surface area contributed by atoms with E-state index in [0.29, 0.717) is 13.1 Å². The molecule has 7 heteroatoms. The van der Waals surface area contributed by atoms with E-state index in [1.807, 2.05) is 48.9 Å². The Bertz CT molecular complexity index is 1070. The van der Waals surface area contributed by atoms with Crippen LogP contribution in [0.2, 0.25) is 0 Å². The molecule has 160 valence electrons. The molecule has 0 aliphatic heterocycles. The summed E-state index contributed by atoms with van der Waals surface area (Å²) in [6.45, 7) is 4.48. The van der Waals surface area contributed by atoms with Crippen molar-refractivity contribution in [2.75, 3.05) is 13.1 Å². The van der Waals surface area contributed by atoms with Crippen molar-refractivity contribution < 1.29 is 14.0 Å². The van der Waals surface area contributed by atoms with Crippen LogP contribution in [-0.2, 0) is 16.0 Å². The highest BCUT2D eigenvalue weighted by Crippen LogP contribution is 2.19. The van der Waals surface area contributed by atoms with Crippen LogP contribution in [0, 0.1) is 19.7 Å².